The molecule has 4 saturated carbocycles. The molecule has 0 aromatic heterocycles. The molecule has 9 atom stereocenters. The molecular weight excluding hydrogens is 340 g/mol. The van der Waals surface area contributed by atoms with Crippen LogP contribution in [0.25, 0.3) is 0 Å². The fourth-order valence-corrected chi connectivity index (χ4v) is 9.38. The zero-order valence-electron chi connectivity index (χ0n) is 19.6. The van der Waals surface area contributed by atoms with Crippen molar-refractivity contribution in [3.63, 3.8) is 0 Å². The van der Waals surface area contributed by atoms with Crippen LogP contribution in [0.1, 0.15) is 112 Å². The molecule has 0 aromatic rings. The van der Waals surface area contributed by atoms with E-state index in [4.69, 9.17) is 0 Å². The van der Waals surface area contributed by atoms with Gasteiger partial charge in [-0.25, -0.2) is 0 Å². The number of hydrogen-bond acceptors (Lipinski definition) is 1. The second-order valence-electron chi connectivity index (χ2n) is 12.6. The Morgan fingerprint density at radius 3 is 2.32 bits per heavy atom. The van der Waals surface area contributed by atoms with E-state index in [9.17, 15) is 5.11 Å². The molecule has 0 saturated heterocycles. The summed E-state index contributed by atoms with van der Waals surface area (Å²) in [5, 5.41) is 11.2. The van der Waals surface area contributed by atoms with Gasteiger partial charge in [0.25, 0.3) is 0 Å². The molecule has 28 heavy (non-hydrogen) atoms. The molecule has 1 nitrogen and oxygen atoms in total. The van der Waals surface area contributed by atoms with Gasteiger partial charge in [-0.3, -0.25) is 0 Å². The van der Waals surface area contributed by atoms with Crippen LogP contribution in [0.2, 0.25) is 0 Å². The van der Waals surface area contributed by atoms with E-state index in [1.165, 1.54) is 70.6 Å². The fraction of sp³-hybridized carbons (Fsp3) is 1.00. The van der Waals surface area contributed by atoms with E-state index < -0.39 is 0 Å². The normalized spacial score (nSPS) is 49.4. The predicted octanol–water partition coefficient (Wildman–Crippen LogP) is 7.47. The lowest BCUT2D eigenvalue weighted by atomic mass is 9.44. The van der Waals surface area contributed by atoms with Crippen molar-refractivity contribution in [3.8, 4) is 0 Å². The summed E-state index contributed by atoms with van der Waals surface area (Å²) in [6, 6.07) is 0. The second-order valence-corrected chi connectivity index (χ2v) is 12.6. The van der Waals surface area contributed by atoms with Crippen molar-refractivity contribution in [1.82, 2.24) is 0 Å². The van der Waals surface area contributed by atoms with Gasteiger partial charge in [-0.15, -0.1) is 0 Å². The second kappa shape index (κ2) is 7.90. The van der Waals surface area contributed by atoms with Gasteiger partial charge < -0.3 is 5.11 Å². The van der Waals surface area contributed by atoms with E-state index in [1.807, 2.05) is 0 Å². The Morgan fingerprint density at radius 2 is 1.57 bits per heavy atom. The molecule has 1 heteroatoms. The van der Waals surface area contributed by atoms with Crippen molar-refractivity contribution in [1.29, 1.82) is 0 Å². The van der Waals surface area contributed by atoms with Crippen LogP contribution in [0.4, 0.5) is 0 Å². The number of fused-ring (bicyclic) bond motifs is 5. The lowest BCUT2D eigenvalue weighted by Gasteiger charge is -2.62. The molecule has 4 fully saturated rings. The van der Waals surface area contributed by atoms with E-state index in [0.717, 1.165) is 41.9 Å². The molecule has 0 spiro atoms. The molecule has 0 bridgehead atoms. The maximum absolute atomic E-state index is 11.2. The smallest absolute Gasteiger partial charge is 0.0576 e. The Balaban J connectivity index is 1.49. The highest BCUT2D eigenvalue weighted by molar-refractivity contribution is 5.10. The van der Waals surface area contributed by atoms with Crippen molar-refractivity contribution in [3.05, 3.63) is 0 Å². The first-order valence-electron chi connectivity index (χ1n) is 13.0. The van der Waals surface area contributed by atoms with Gasteiger partial charge >= 0.3 is 0 Å². The van der Waals surface area contributed by atoms with Crippen LogP contribution >= 0.6 is 0 Å². The SMILES string of the molecule is CC(C)CCC[C@@H](C)[C@H]1CC[C@H]2[C@@H]3C[C@@H](O)C4CCCC[C@]4(C)[C@H]3CC[C@]12C. The highest BCUT2D eigenvalue weighted by Gasteiger charge is 2.61. The van der Waals surface area contributed by atoms with E-state index in [2.05, 4.69) is 34.6 Å². The van der Waals surface area contributed by atoms with Gasteiger partial charge in [-0.1, -0.05) is 66.7 Å². The monoisotopic (exact) mass is 388 g/mol. The third kappa shape index (κ3) is 3.40. The van der Waals surface area contributed by atoms with Crippen molar-refractivity contribution in [2.75, 3.05) is 0 Å². The average Bonchev–Trinajstić information content (AvgIpc) is 2.99. The highest BCUT2D eigenvalue weighted by atomic mass is 16.3. The highest BCUT2D eigenvalue weighted by Crippen LogP contribution is 2.68. The van der Waals surface area contributed by atoms with Gasteiger partial charge in [-0.05, 0) is 97.2 Å². The first kappa shape index (κ1) is 21.2. The van der Waals surface area contributed by atoms with Crippen LogP contribution in [0, 0.1) is 52.3 Å². The topological polar surface area (TPSA) is 20.2 Å². The predicted molar refractivity (Wildman–Crippen MR) is 119 cm³/mol. The zero-order chi connectivity index (χ0) is 20.1. The molecule has 0 radical (unpaired) electrons. The molecule has 0 aromatic carbocycles. The zero-order valence-corrected chi connectivity index (χ0v) is 19.6. The van der Waals surface area contributed by atoms with E-state index in [-0.39, 0.29) is 6.10 Å². The van der Waals surface area contributed by atoms with Crippen LogP contribution in [0.3, 0.4) is 0 Å². The Bertz CT molecular complexity index is 540. The summed E-state index contributed by atoms with van der Waals surface area (Å²) in [4.78, 5) is 0. The number of aliphatic hydroxyl groups is 1. The molecule has 0 heterocycles. The van der Waals surface area contributed by atoms with Gasteiger partial charge in [-0.2, -0.15) is 0 Å². The van der Waals surface area contributed by atoms with Gasteiger partial charge in [0.15, 0.2) is 0 Å². The van der Waals surface area contributed by atoms with Crippen LogP contribution in [0.15, 0.2) is 0 Å². The molecule has 0 aliphatic heterocycles. The Morgan fingerprint density at radius 1 is 0.821 bits per heavy atom. The third-order valence-electron chi connectivity index (χ3n) is 10.8. The van der Waals surface area contributed by atoms with Gasteiger partial charge in [0.1, 0.15) is 0 Å². The lowest BCUT2D eigenvalue weighted by Crippen LogP contribution is -2.57. The minimum Gasteiger partial charge on any atom is -0.393 e. The average molecular weight is 389 g/mol. The third-order valence-corrected chi connectivity index (χ3v) is 10.8. The first-order valence-corrected chi connectivity index (χ1v) is 13.0. The molecule has 1 N–H and O–H groups in total. The van der Waals surface area contributed by atoms with Gasteiger partial charge in [0, 0.05) is 0 Å². The van der Waals surface area contributed by atoms with Crippen molar-refractivity contribution in [2.24, 2.45) is 52.3 Å². The van der Waals surface area contributed by atoms with Crippen molar-refractivity contribution in [2.45, 2.75) is 118 Å². The molecule has 1 unspecified atom stereocenters. The Labute approximate surface area is 175 Å². The summed E-state index contributed by atoms with van der Waals surface area (Å²) in [6.07, 6.45) is 16.6. The molecule has 4 aliphatic rings. The maximum Gasteiger partial charge on any atom is 0.0576 e. The first-order chi connectivity index (χ1) is 13.3. The summed E-state index contributed by atoms with van der Waals surface area (Å²) in [6.45, 7) is 12.6. The Hall–Kier alpha value is -0.0400. The summed E-state index contributed by atoms with van der Waals surface area (Å²) >= 11 is 0. The summed E-state index contributed by atoms with van der Waals surface area (Å²) in [7, 11) is 0. The largest absolute Gasteiger partial charge is 0.393 e. The van der Waals surface area contributed by atoms with Crippen LogP contribution in [-0.2, 0) is 0 Å². The maximum atomic E-state index is 11.2. The van der Waals surface area contributed by atoms with E-state index in [1.54, 1.807) is 0 Å². The minimum atomic E-state index is -0.0172. The lowest BCUT2D eigenvalue weighted by molar-refractivity contribution is -0.159. The van der Waals surface area contributed by atoms with Crippen LogP contribution < -0.4 is 0 Å². The van der Waals surface area contributed by atoms with Crippen molar-refractivity contribution < 1.29 is 5.11 Å². The molecule has 0 amide bonds. The quantitative estimate of drug-likeness (QED) is 0.518. The Kier molecular flexibility index (Phi) is 5.98. The van der Waals surface area contributed by atoms with Gasteiger partial charge in [0.2, 0.25) is 0 Å². The van der Waals surface area contributed by atoms with E-state index >= 15 is 0 Å². The fourth-order valence-electron chi connectivity index (χ4n) is 9.38. The minimum absolute atomic E-state index is 0.0172. The number of rotatable bonds is 5. The van der Waals surface area contributed by atoms with Crippen LogP contribution in [-0.4, -0.2) is 11.2 Å². The number of hydrogen-bond donors (Lipinski definition) is 1. The molecule has 162 valence electrons. The summed E-state index contributed by atoms with van der Waals surface area (Å²) in [5.41, 5.74) is 0.985. The van der Waals surface area contributed by atoms with Crippen LogP contribution in [0.5, 0.6) is 0 Å². The van der Waals surface area contributed by atoms with E-state index in [0.29, 0.717) is 16.7 Å². The van der Waals surface area contributed by atoms with Crippen molar-refractivity contribution >= 4 is 0 Å². The molecular formula is C27H48O. The van der Waals surface area contributed by atoms with Gasteiger partial charge in [0.05, 0.1) is 6.10 Å². The summed E-state index contributed by atoms with van der Waals surface area (Å²) < 4.78 is 0. The summed E-state index contributed by atoms with van der Waals surface area (Å²) in [5.74, 6) is 5.85. The molecule has 4 aliphatic carbocycles. The number of aliphatic hydroxyl groups excluding tert-OH is 1. The molecule has 4 rings (SSSR count). The standard InChI is InChI=1S/C27H48O/c1-18(2)9-8-10-19(3)21-12-13-22-20-17-25(28)24-11-6-7-15-26(24,4)23(20)14-16-27(21,22)5/h18-25,28H,6-17H2,1-5H3/t19-,20+,21-,22+,23+,24?,25-,26-,27-/m1/s1.